The second-order valence-corrected chi connectivity index (χ2v) is 4.39. The van der Waals surface area contributed by atoms with Crippen molar-refractivity contribution in [3.8, 4) is 0 Å². The summed E-state index contributed by atoms with van der Waals surface area (Å²) in [5, 5.41) is 12.5. The molecule has 0 aromatic rings. The summed E-state index contributed by atoms with van der Waals surface area (Å²) in [5.74, 6) is 0.0164. The molecule has 0 aromatic carbocycles. The molecule has 1 aliphatic heterocycles. The molecule has 0 radical (unpaired) electrons. The number of urea groups is 1. The lowest BCUT2D eigenvalue weighted by atomic mass is 9.68. The SMILES string of the molecule is CN1B(O)C([N+](C)(C)C)CNC1=O. The summed E-state index contributed by atoms with van der Waals surface area (Å²) in [4.78, 5) is 12.5. The molecule has 13 heavy (non-hydrogen) atoms. The highest BCUT2D eigenvalue weighted by molar-refractivity contribution is 6.52. The number of rotatable bonds is 1. The molecule has 1 atom stereocenters. The van der Waals surface area contributed by atoms with Crippen LogP contribution in [0.25, 0.3) is 0 Å². The van der Waals surface area contributed by atoms with Crippen molar-refractivity contribution >= 4 is 13.1 Å². The Morgan fingerprint density at radius 2 is 2.15 bits per heavy atom. The van der Waals surface area contributed by atoms with Gasteiger partial charge in [-0.3, -0.25) is 0 Å². The maximum absolute atomic E-state index is 11.1. The first-order valence-electron chi connectivity index (χ1n) is 4.34. The molecule has 1 fully saturated rings. The fourth-order valence-corrected chi connectivity index (χ4v) is 1.47. The van der Waals surface area contributed by atoms with Gasteiger partial charge in [0.1, 0.15) is 5.94 Å². The van der Waals surface area contributed by atoms with Crippen LogP contribution in [0.5, 0.6) is 0 Å². The second kappa shape index (κ2) is 3.19. The monoisotopic (exact) mass is 186 g/mol. The van der Waals surface area contributed by atoms with Crippen LogP contribution in [0.2, 0.25) is 0 Å². The molecule has 1 heterocycles. The van der Waals surface area contributed by atoms with E-state index in [2.05, 4.69) is 5.32 Å². The predicted octanol–water partition coefficient (Wildman–Crippen LogP) is -1.26. The Morgan fingerprint density at radius 1 is 1.62 bits per heavy atom. The van der Waals surface area contributed by atoms with Crippen molar-refractivity contribution in [2.75, 3.05) is 34.7 Å². The maximum atomic E-state index is 11.1. The molecule has 0 bridgehead atoms. The van der Waals surface area contributed by atoms with Gasteiger partial charge in [0, 0.05) is 7.05 Å². The zero-order valence-corrected chi connectivity index (χ0v) is 8.61. The molecule has 74 valence electrons. The van der Waals surface area contributed by atoms with Gasteiger partial charge in [0.05, 0.1) is 27.7 Å². The number of amides is 2. The number of quaternary nitrogens is 1. The van der Waals surface area contributed by atoms with E-state index in [4.69, 9.17) is 0 Å². The van der Waals surface area contributed by atoms with Crippen LogP contribution in [-0.4, -0.2) is 68.1 Å². The Balaban J connectivity index is 2.75. The molecule has 0 spiro atoms. The summed E-state index contributed by atoms with van der Waals surface area (Å²) >= 11 is 0. The lowest BCUT2D eigenvalue weighted by Crippen LogP contribution is -2.69. The van der Waals surface area contributed by atoms with Crippen LogP contribution in [0.15, 0.2) is 0 Å². The molecule has 1 aliphatic rings. The molecule has 0 saturated carbocycles. The highest BCUT2D eigenvalue weighted by atomic mass is 16.2. The van der Waals surface area contributed by atoms with E-state index in [1.54, 1.807) is 7.05 Å². The number of carbonyl (C=O) groups excluding carboxylic acids is 1. The van der Waals surface area contributed by atoms with Gasteiger partial charge in [-0.25, -0.2) is 4.79 Å². The van der Waals surface area contributed by atoms with Gasteiger partial charge in [-0.05, 0) is 0 Å². The fourth-order valence-electron chi connectivity index (χ4n) is 1.47. The Morgan fingerprint density at radius 3 is 2.62 bits per heavy atom. The predicted molar refractivity (Wildman–Crippen MR) is 51.0 cm³/mol. The van der Waals surface area contributed by atoms with Crippen molar-refractivity contribution in [2.45, 2.75) is 5.94 Å². The topological polar surface area (TPSA) is 52.6 Å². The van der Waals surface area contributed by atoms with Crippen LogP contribution in [0, 0.1) is 0 Å². The smallest absolute Gasteiger partial charge is 0.428 e. The molecule has 1 unspecified atom stereocenters. The summed E-state index contributed by atoms with van der Waals surface area (Å²) in [7, 11) is 6.90. The van der Waals surface area contributed by atoms with Crippen molar-refractivity contribution in [1.82, 2.24) is 10.1 Å². The van der Waals surface area contributed by atoms with Crippen LogP contribution in [0.3, 0.4) is 0 Å². The summed E-state index contributed by atoms with van der Waals surface area (Å²) < 4.78 is 0.631. The first-order chi connectivity index (χ1) is 5.84. The van der Waals surface area contributed by atoms with E-state index in [1.165, 1.54) is 4.81 Å². The van der Waals surface area contributed by atoms with E-state index in [1.807, 2.05) is 21.1 Å². The molecular weight excluding hydrogens is 169 g/mol. The zero-order valence-electron chi connectivity index (χ0n) is 8.61. The molecule has 0 aromatic heterocycles. The van der Waals surface area contributed by atoms with Crippen LogP contribution >= 0.6 is 0 Å². The molecule has 1 saturated heterocycles. The fraction of sp³-hybridized carbons (Fsp3) is 0.857. The summed E-state index contributed by atoms with van der Waals surface area (Å²) in [5.41, 5.74) is 0. The first kappa shape index (κ1) is 10.3. The van der Waals surface area contributed by atoms with Crippen molar-refractivity contribution in [3.63, 3.8) is 0 Å². The average Bonchev–Trinajstić information content (AvgIpc) is 1.98. The van der Waals surface area contributed by atoms with Crippen molar-refractivity contribution in [2.24, 2.45) is 0 Å². The van der Waals surface area contributed by atoms with Crippen molar-refractivity contribution in [1.29, 1.82) is 0 Å². The standard InChI is InChI=1S/C7H16BN3O2/c1-10-7(12)9-5-6(8(10)13)11(2,3)4/h6,13H,5H2,1-4H3/p+1. The van der Waals surface area contributed by atoms with Gasteiger partial charge >= 0.3 is 13.1 Å². The largest absolute Gasteiger partial charge is 0.482 e. The van der Waals surface area contributed by atoms with Gasteiger partial charge in [0.2, 0.25) is 0 Å². The van der Waals surface area contributed by atoms with E-state index >= 15 is 0 Å². The van der Waals surface area contributed by atoms with Gasteiger partial charge in [-0.15, -0.1) is 0 Å². The molecular formula is C7H17BN3O2+. The minimum atomic E-state index is -0.700. The number of nitrogens with zero attached hydrogens (tertiary/aromatic N) is 2. The number of nitrogens with one attached hydrogen (secondary N) is 1. The number of likely N-dealkylation sites (N-methyl/N-ethyl adjacent to an activating group) is 1. The first-order valence-corrected chi connectivity index (χ1v) is 4.34. The van der Waals surface area contributed by atoms with E-state index in [9.17, 15) is 9.82 Å². The third kappa shape index (κ3) is 1.95. The van der Waals surface area contributed by atoms with Gasteiger partial charge in [-0.1, -0.05) is 0 Å². The minimum Gasteiger partial charge on any atom is -0.428 e. The third-order valence-corrected chi connectivity index (χ3v) is 2.52. The van der Waals surface area contributed by atoms with E-state index in [0.717, 1.165) is 0 Å². The quantitative estimate of drug-likeness (QED) is 0.396. The van der Waals surface area contributed by atoms with Crippen LogP contribution in [0.1, 0.15) is 0 Å². The molecule has 1 rings (SSSR count). The molecule has 2 amide bonds. The van der Waals surface area contributed by atoms with Gasteiger partial charge < -0.3 is 19.6 Å². The Hall–Kier alpha value is -0.745. The number of carbonyl (C=O) groups is 1. The Kier molecular flexibility index (Phi) is 2.54. The van der Waals surface area contributed by atoms with Crippen LogP contribution < -0.4 is 5.32 Å². The van der Waals surface area contributed by atoms with Gasteiger partial charge in [0.25, 0.3) is 0 Å². The van der Waals surface area contributed by atoms with E-state index < -0.39 is 7.05 Å². The maximum Gasteiger partial charge on any atom is 0.482 e. The third-order valence-electron chi connectivity index (χ3n) is 2.52. The highest BCUT2D eigenvalue weighted by Gasteiger charge is 2.45. The lowest BCUT2D eigenvalue weighted by molar-refractivity contribution is -0.883. The lowest BCUT2D eigenvalue weighted by Gasteiger charge is -2.40. The van der Waals surface area contributed by atoms with Crippen molar-refractivity contribution < 1.29 is 14.3 Å². The summed E-state index contributed by atoms with van der Waals surface area (Å²) in [6.45, 7) is 0.522. The van der Waals surface area contributed by atoms with Crippen molar-refractivity contribution in [3.05, 3.63) is 0 Å². The number of hydrogen-bond donors (Lipinski definition) is 2. The molecule has 0 aliphatic carbocycles. The second-order valence-electron chi connectivity index (χ2n) is 4.39. The Labute approximate surface area is 79.0 Å². The van der Waals surface area contributed by atoms with E-state index in [0.29, 0.717) is 11.0 Å². The van der Waals surface area contributed by atoms with Gasteiger partial charge in [-0.2, -0.15) is 0 Å². The number of hydrogen-bond acceptors (Lipinski definition) is 2. The molecule has 5 nitrogen and oxygen atoms in total. The average molecular weight is 186 g/mol. The van der Waals surface area contributed by atoms with Crippen LogP contribution in [0.4, 0.5) is 4.79 Å². The minimum absolute atomic E-state index is 0.0164. The summed E-state index contributed by atoms with van der Waals surface area (Å²) in [6.07, 6.45) is 0. The molecule has 2 N–H and O–H groups in total. The summed E-state index contributed by atoms with van der Waals surface area (Å²) in [6, 6.07) is -0.211. The Bertz CT molecular complexity index is 216. The highest BCUT2D eigenvalue weighted by Crippen LogP contribution is 2.11. The van der Waals surface area contributed by atoms with Crippen LogP contribution in [-0.2, 0) is 0 Å². The van der Waals surface area contributed by atoms with E-state index in [-0.39, 0.29) is 12.0 Å². The zero-order chi connectivity index (χ0) is 10.2. The normalized spacial score (nSPS) is 24.7. The molecule has 6 heteroatoms. The van der Waals surface area contributed by atoms with Gasteiger partial charge in [0.15, 0.2) is 0 Å².